The lowest BCUT2D eigenvalue weighted by atomic mass is 10.1. The third kappa shape index (κ3) is 2.46. The maximum atomic E-state index is 11.5. The minimum Gasteiger partial charge on any atom is -0.361 e. The first-order valence-electron chi connectivity index (χ1n) is 4.17. The lowest BCUT2D eigenvalue weighted by Gasteiger charge is -2.14. The summed E-state index contributed by atoms with van der Waals surface area (Å²) in [7, 11) is -7.37. The van der Waals surface area contributed by atoms with Gasteiger partial charge in [0.1, 0.15) is 0 Å². The minimum absolute atomic E-state index is 0.203. The fourth-order valence-electron chi connectivity index (χ4n) is 1.40. The second-order valence-electron chi connectivity index (χ2n) is 3.43. The summed E-state index contributed by atoms with van der Waals surface area (Å²) in [4.78, 5) is 2.52. The van der Waals surface area contributed by atoms with E-state index in [0.29, 0.717) is 0 Å². The molecule has 0 fully saturated rings. The summed E-state index contributed by atoms with van der Waals surface area (Å²) in [5.41, 5.74) is 8.46. The lowest BCUT2D eigenvalue weighted by molar-refractivity contribution is -0.00517. The van der Waals surface area contributed by atoms with Gasteiger partial charge in [0, 0.05) is 18.6 Å². The monoisotopic (exact) mass is 262 g/mol. The molecule has 0 spiro atoms. The van der Waals surface area contributed by atoms with Crippen molar-refractivity contribution in [3.8, 4) is 0 Å². The molecule has 1 atom stereocenters. The molecule has 0 heterocycles. The van der Waals surface area contributed by atoms with E-state index in [9.17, 15) is 16.8 Å². The molecular formula is C8H10N2O4S2. The van der Waals surface area contributed by atoms with E-state index in [1.807, 2.05) is 0 Å². The largest absolute Gasteiger partial charge is 0.361 e. The topological polar surface area (TPSA) is 105 Å². The van der Waals surface area contributed by atoms with Crippen LogP contribution in [0.25, 0.3) is 5.53 Å². The molecule has 1 unspecified atom stereocenters. The van der Waals surface area contributed by atoms with Gasteiger partial charge >= 0.3 is 5.71 Å². The maximum Gasteiger partial charge on any atom is 0.315 e. The molecule has 0 aromatic heterocycles. The van der Waals surface area contributed by atoms with Crippen molar-refractivity contribution in [1.82, 2.24) is 0 Å². The van der Waals surface area contributed by atoms with E-state index in [1.54, 1.807) is 0 Å². The van der Waals surface area contributed by atoms with Crippen molar-refractivity contribution in [3.63, 3.8) is 0 Å². The molecule has 0 bridgehead atoms. The quantitative estimate of drug-likeness (QED) is 0.497. The number of allylic oxidation sites excluding steroid dienone is 3. The normalized spacial score (nSPS) is 21.5. The number of sulfone groups is 2. The van der Waals surface area contributed by atoms with E-state index < -0.39 is 24.9 Å². The van der Waals surface area contributed by atoms with Crippen LogP contribution in [0.5, 0.6) is 0 Å². The van der Waals surface area contributed by atoms with Gasteiger partial charge in [-0.1, -0.05) is 6.08 Å². The van der Waals surface area contributed by atoms with E-state index in [-0.39, 0.29) is 10.6 Å². The molecule has 0 saturated heterocycles. The van der Waals surface area contributed by atoms with Crippen LogP contribution in [0.3, 0.4) is 0 Å². The summed E-state index contributed by atoms with van der Waals surface area (Å²) in [5.74, 6) is 0. The zero-order valence-corrected chi connectivity index (χ0v) is 10.3. The number of hydrogen-bond donors (Lipinski definition) is 0. The highest BCUT2D eigenvalue weighted by molar-refractivity contribution is 7.98. The van der Waals surface area contributed by atoms with Crippen molar-refractivity contribution in [1.29, 1.82) is 0 Å². The van der Waals surface area contributed by atoms with E-state index >= 15 is 0 Å². The zero-order valence-electron chi connectivity index (χ0n) is 8.65. The molecule has 1 aliphatic carbocycles. The summed E-state index contributed by atoms with van der Waals surface area (Å²) in [6.07, 6.45) is 5.56. The molecule has 6 nitrogen and oxygen atoms in total. The van der Waals surface area contributed by atoms with Gasteiger partial charge in [-0.25, -0.2) is 16.8 Å². The Morgan fingerprint density at radius 1 is 1.25 bits per heavy atom. The lowest BCUT2D eigenvalue weighted by Crippen LogP contribution is -2.35. The first-order chi connectivity index (χ1) is 7.18. The van der Waals surface area contributed by atoms with E-state index in [2.05, 4.69) is 4.79 Å². The smallest absolute Gasteiger partial charge is 0.315 e. The van der Waals surface area contributed by atoms with Crippen molar-refractivity contribution in [2.75, 3.05) is 12.5 Å². The van der Waals surface area contributed by atoms with Gasteiger partial charge in [-0.05, 0) is 6.08 Å². The Morgan fingerprint density at radius 2 is 1.81 bits per heavy atom. The molecule has 1 aliphatic rings. The molecule has 88 valence electrons. The van der Waals surface area contributed by atoms with Crippen molar-refractivity contribution < 1.29 is 21.6 Å². The number of rotatable bonds is 2. The van der Waals surface area contributed by atoms with Crippen LogP contribution >= 0.6 is 0 Å². The summed E-state index contributed by atoms with van der Waals surface area (Å²) >= 11 is 0. The molecule has 0 N–H and O–H groups in total. The van der Waals surface area contributed by atoms with E-state index in [4.69, 9.17) is 5.53 Å². The Labute approximate surface area is 93.7 Å². The van der Waals surface area contributed by atoms with Gasteiger partial charge in [0.25, 0.3) is 0 Å². The average molecular weight is 262 g/mol. The molecule has 1 rings (SSSR count). The summed E-state index contributed by atoms with van der Waals surface area (Å²) in [6, 6.07) is 0. The van der Waals surface area contributed by atoms with Gasteiger partial charge < -0.3 is 5.53 Å². The molecule has 0 aromatic carbocycles. The van der Waals surface area contributed by atoms with Crippen LogP contribution in [0.1, 0.15) is 0 Å². The van der Waals surface area contributed by atoms with Crippen molar-refractivity contribution in [3.05, 3.63) is 28.7 Å². The average Bonchev–Trinajstić information content (AvgIpc) is 2.13. The standard InChI is InChI=1S/C8H10N2O4S2/c1-15(11,12)7-5-3-4-6(10-9)8(7)16(2,13)14/h3-5,8H,1-2H3. The van der Waals surface area contributed by atoms with Crippen LogP contribution in [0.2, 0.25) is 0 Å². The Bertz CT molecular complexity index is 619. The summed E-state index contributed by atoms with van der Waals surface area (Å²) in [5, 5.41) is -1.43. The molecule has 16 heavy (non-hydrogen) atoms. The van der Waals surface area contributed by atoms with Crippen LogP contribution in [-0.4, -0.2) is 45.1 Å². The fraction of sp³-hybridized carbons (Fsp3) is 0.375. The highest BCUT2D eigenvalue weighted by Gasteiger charge is 2.40. The van der Waals surface area contributed by atoms with Crippen molar-refractivity contribution >= 4 is 25.4 Å². The second kappa shape index (κ2) is 3.97. The Hall–Kier alpha value is -1.24. The second-order valence-corrected chi connectivity index (χ2v) is 7.58. The van der Waals surface area contributed by atoms with Gasteiger partial charge in [0.05, 0.1) is 4.91 Å². The molecule has 0 aromatic rings. The van der Waals surface area contributed by atoms with Crippen molar-refractivity contribution in [2.45, 2.75) is 5.25 Å². The molecule has 8 heteroatoms. The molecule has 0 saturated carbocycles. The first-order valence-corrected chi connectivity index (χ1v) is 8.01. The van der Waals surface area contributed by atoms with Gasteiger partial charge in [-0.3, -0.25) is 0 Å². The van der Waals surface area contributed by atoms with Gasteiger partial charge in [0.15, 0.2) is 24.9 Å². The SMILES string of the molecule is CS(=O)(=O)C1=CC=CC(=[N+]=[N-])C1S(C)(=O)=O. The third-order valence-corrected chi connectivity index (χ3v) is 4.76. The molecule has 0 amide bonds. The Balaban J connectivity index is 3.56. The van der Waals surface area contributed by atoms with Crippen LogP contribution in [0, 0.1) is 0 Å². The Kier molecular flexibility index (Phi) is 3.18. The molecule has 0 aliphatic heterocycles. The summed E-state index contributed by atoms with van der Waals surface area (Å²) < 4.78 is 45.8. The Morgan fingerprint density at radius 3 is 2.19 bits per heavy atom. The van der Waals surface area contributed by atoms with E-state index in [0.717, 1.165) is 12.5 Å². The molecule has 0 radical (unpaired) electrons. The van der Waals surface area contributed by atoms with Crippen LogP contribution in [0.4, 0.5) is 0 Å². The van der Waals surface area contributed by atoms with Crippen LogP contribution in [0.15, 0.2) is 23.1 Å². The highest BCUT2D eigenvalue weighted by Crippen LogP contribution is 2.22. The maximum absolute atomic E-state index is 11.5. The highest BCUT2D eigenvalue weighted by atomic mass is 32.2. The zero-order chi connectivity index (χ0) is 12.6. The van der Waals surface area contributed by atoms with Gasteiger partial charge in [-0.2, -0.15) is 4.79 Å². The third-order valence-electron chi connectivity index (χ3n) is 2.03. The fourth-order valence-corrected chi connectivity index (χ4v) is 4.35. The number of nitrogens with zero attached hydrogens (tertiary/aromatic N) is 2. The van der Waals surface area contributed by atoms with Crippen LogP contribution < -0.4 is 0 Å². The predicted molar refractivity (Wildman–Crippen MR) is 59.3 cm³/mol. The summed E-state index contributed by atoms with van der Waals surface area (Å²) in [6.45, 7) is 0. The molecular weight excluding hydrogens is 252 g/mol. The van der Waals surface area contributed by atoms with Gasteiger partial charge in [0.2, 0.25) is 0 Å². The van der Waals surface area contributed by atoms with Crippen molar-refractivity contribution in [2.24, 2.45) is 0 Å². The van der Waals surface area contributed by atoms with E-state index in [1.165, 1.54) is 18.2 Å². The predicted octanol–water partition coefficient (Wildman–Crippen LogP) is -0.431. The minimum atomic E-state index is -3.71. The van der Waals surface area contributed by atoms with Gasteiger partial charge in [-0.15, -0.1) is 0 Å². The van der Waals surface area contributed by atoms with Crippen LogP contribution in [-0.2, 0) is 19.7 Å². The number of hydrogen-bond acceptors (Lipinski definition) is 4. The first kappa shape index (κ1) is 12.8.